The molecular formula is C12H13N3O2. The topological polar surface area (TPSA) is 77.0 Å². The predicted molar refractivity (Wildman–Crippen MR) is 61.3 cm³/mol. The molecule has 17 heavy (non-hydrogen) atoms. The first-order valence-electron chi connectivity index (χ1n) is 5.58. The molecule has 1 aliphatic heterocycles. The second kappa shape index (κ2) is 4.83. The number of likely N-dealkylation sites (tertiary alicyclic amines) is 1. The van der Waals surface area contributed by atoms with E-state index in [9.17, 15) is 9.59 Å². The number of carbonyl (C=O) groups is 1. The largest absolute Gasteiger partial charge is 0.337 e. The Kier molecular flexibility index (Phi) is 3.24. The van der Waals surface area contributed by atoms with Crippen molar-refractivity contribution >= 4 is 5.91 Å². The van der Waals surface area contributed by atoms with E-state index in [1.165, 1.54) is 12.3 Å². The number of pyridine rings is 1. The third kappa shape index (κ3) is 2.53. The molecule has 0 aromatic carbocycles. The lowest BCUT2D eigenvalue weighted by atomic mass is 9.99. The second-order valence-corrected chi connectivity index (χ2v) is 4.16. The van der Waals surface area contributed by atoms with Gasteiger partial charge in [0.05, 0.1) is 12.0 Å². The van der Waals surface area contributed by atoms with Gasteiger partial charge in [0.15, 0.2) is 0 Å². The van der Waals surface area contributed by atoms with E-state index in [0.717, 1.165) is 12.8 Å². The monoisotopic (exact) mass is 231 g/mol. The Bertz CT molecular complexity index is 515. The molecule has 1 amide bonds. The summed E-state index contributed by atoms with van der Waals surface area (Å²) in [6, 6.07) is 5.06. The molecule has 5 heteroatoms. The zero-order valence-electron chi connectivity index (χ0n) is 9.35. The smallest absolute Gasteiger partial charge is 0.254 e. The lowest BCUT2D eigenvalue weighted by Gasteiger charge is -2.29. The Hall–Kier alpha value is -2.09. The summed E-state index contributed by atoms with van der Waals surface area (Å²) in [5.41, 5.74) is 0.0945. The fourth-order valence-corrected chi connectivity index (χ4v) is 2.03. The molecule has 1 aromatic rings. The van der Waals surface area contributed by atoms with Gasteiger partial charge in [-0.25, -0.2) is 0 Å². The van der Waals surface area contributed by atoms with Crippen molar-refractivity contribution in [1.82, 2.24) is 9.88 Å². The number of amides is 1. The molecule has 2 rings (SSSR count). The molecule has 88 valence electrons. The molecule has 0 spiro atoms. The van der Waals surface area contributed by atoms with Crippen LogP contribution in [0.4, 0.5) is 0 Å². The molecule has 0 radical (unpaired) electrons. The van der Waals surface area contributed by atoms with E-state index in [2.05, 4.69) is 11.1 Å². The molecule has 1 unspecified atom stereocenters. The molecule has 0 aliphatic carbocycles. The average molecular weight is 231 g/mol. The number of rotatable bonds is 1. The summed E-state index contributed by atoms with van der Waals surface area (Å²) in [5.74, 6) is -0.259. The number of nitrogens with one attached hydrogen (secondary N) is 1. The Balaban J connectivity index is 2.15. The van der Waals surface area contributed by atoms with Crippen LogP contribution < -0.4 is 5.56 Å². The zero-order chi connectivity index (χ0) is 12.3. The Morgan fingerprint density at radius 3 is 3.12 bits per heavy atom. The van der Waals surface area contributed by atoms with Crippen LogP contribution in [0.1, 0.15) is 23.2 Å². The van der Waals surface area contributed by atoms with Crippen molar-refractivity contribution in [3.63, 3.8) is 0 Å². The molecule has 5 nitrogen and oxygen atoms in total. The van der Waals surface area contributed by atoms with Gasteiger partial charge in [0.2, 0.25) is 5.56 Å². The normalized spacial score (nSPS) is 19.7. The van der Waals surface area contributed by atoms with Gasteiger partial charge < -0.3 is 9.88 Å². The summed E-state index contributed by atoms with van der Waals surface area (Å²) in [6.07, 6.45) is 3.14. The van der Waals surface area contributed by atoms with Gasteiger partial charge >= 0.3 is 0 Å². The van der Waals surface area contributed by atoms with Gasteiger partial charge in [0, 0.05) is 30.9 Å². The molecule has 1 saturated heterocycles. The molecule has 1 aliphatic rings. The number of hydrogen-bond donors (Lipinski definition) is 1. The minimum Gasteiger partial charge on any atom is -0.337 e. The van der Waals surface area contributed by atoms with E-state index in [4.69, 9.17) is 5.26 Å². The molecule has 1 aromatic heterocycles. The number of aromatic amines is 1. The van der Waals surface area contributed by atoms with Crippen molar-refractivity contribution in [3.05, 3.63) is 34.2 Å². The van der Waals surface area contributed by atoms with Crippen molar-refractivity contribution in [2.75, 3.05) is 13.1 Å². The highest BCUT2D eigenvalue weighted by atomic mass is 16.2. The first-order valence-corrected chi connectivity index (χ1v) is 5.58. The fraction of sp³-hybridized carbons (Fsp3) is 0.417. The standard InChI is InChI=1S/C12H13N3O2/c13-7-9-2-1-5-15(8-9)12(17)10-3-4-14-11(16)6-10/h3-4,6,9H,1-2,5,8H2,(H,14,16). The lowest BCUT2D eigenvalue weighted by Crippen LogP contribution is -2.39. The van der Waals surface area contributed by atoms with Gasteiger partial charge in [-0.1, -0.05) is 0 Å². The number of nitriles is 1. The third-order valence-corrected chi connectivity index (χ3v) is 2.91. The van der Waals surface area contributed by atoms with Crippen LogP contribution in [-0.4, -0.2) is 28.9 Å². The van der Waals surface area contributed by atoms with Gasteiger partial charge in [-0.2, -0.15) is 5.26 Å². The van der Waals surface area contributed by atoms with Crippen LogP contribution in [0.15, 0.2) is 23.1 Å². The fourth-order valence-electron chi connectivity index (χ4n) is 2.03. The Morgan fingerprint density at radius 2 is 2.41 bits per heavy atom. The second-order valence-electron chi connectivity index (χ2n) is 4.16. The number of H-pyrrole nitrogens is 1. The zero-order valence-corrected chi connectivity index (χ0v) is 9.35. The van der Waals surface area contributed by atoms with Gasteiger partial charge in [-0.15, -0.1) is 0 Å². The lowest BCUT2D eigenvalue weighted by molar-refractivity contribution is 0.0698. The summed E-state index contributed by atoms with van der Waals surface area (Å²) in [5, 5.41) is 8.86. The SMILES string of the molecule is N#CC1CCCN(C(=O)c2cc[nH]c(=O)c2)C1. The van der Waals surface area contributed by atoms with Gasteiger partial charge in [-0.05, 0) is 18.9 Å². The maximum absolute atomic E-state index is 12.1. The van der Waals surface area contributed by atoms with Crippen LogP contribution >= 0.6 is 0 Å². The van der Waals surface area contributed by atoms with Crippen LogP contribution in [0.5, 0.6) is 0 Å². The van der Waals surface area contributed by atoms with Crippen molar-refractivity contribution < 1.29 is 4.79 Å². The maximum Gasteiger partial charge on any atom is 0.254 e. The average Bonchev–Trinajstić information content (AvgIpc) is 2.38. The van der Waals surface area contributed by atoms with Gasteiger partial charge in [0.25, 0.3) is 5.91 Å². The molecule has 2 heterocycles. The van der Waals surface area contributed by atoms with Gasteiger partial charge in [-0.3, -0.25) is 9.59 Å². The highest BCUT2D eigenvalue weighted by Gasteiger charge is 2.24. The van der Waals surface area contributed by atoms with Crippen molar-refractivity contribution in [1.29, 1.82) is 5.26 Å². The predicted octanol–water partition coefficient (Wildman–Crippen LogP) is 0.751. The highest BCUT2D eigenvalue weighted by molar-refractivity contribution is 5.94. The molecule has 0 bridgehead atoms. The van der Waals surface area contributed by atoms with Crippen molar-refractivity contribution in [2.45, 2.75) is 12.8 Å². The molecule has 1 fully saturated rings. The summed E-state index contributed by atoms with van der Waals surface area (Å²) >= 11 is 0. The van der Waals surface area contributed by atoms with Crippen LogP contribution in [-0.2, 0) is 0 Å². The summed E-state index contributed by atoms with van der Waals surface area (Å²) in [6.45, 7) is 1.12. The Labute approximate surface area is 98.7 Å². The van der Waals surface area contributed by atoms with Gasteiger partial charge in [0.1, 0.15) is 0 Å². The van der Waals surface area contributed by atoms with E-state index in [1.807, 2.05) is 0 Å². The third-order valence-electron chi connectivity index (χ3n) is 2.91. The number of aromatic nitrogens is 1. The summed E-state index contributed by atoms with van der Waals surface area (Å²) in [7, 11) is 0. The Morgan fingerprint density at radius 1 is 1.59 bits per heavy atom. The van der Waals surface area contributed by atoms with E-state index in [1.54, 1.807) is 11.0 Å². The molecule has 0 saturated carbocycles. The van der Waals surface area contributed by atoms with E-state index >= 15 is 0 Å². The quantitative estimate of drug-likeness (QED) is 0.774. The number of carbonyl (C=O) groups excluding carboxylic acids is 1. The first kappa shape index (κ1) is 11.4. The van der Waals surface area contributed by atoms with Crippen LogP contribution in [0.25, 0.3) is 0 Å². The van der Waals surface area contributed by atoms with Crippen molar-refractivity contribution in [3.8, 4) is 6.07 Å². The number of piperidine rings is 1. The maximum atomic E-state index is 12.1. The minimum absolute atomic E-state index is 0.0882. The number of nitrogens with zero attached hydrogens (tertiary/aromatic N) is 2. The van der Waals surface area contributed by atoms with Crippen LogP contribution in [0.2, 0.25) is 0 Å². The highest BCUT2D eigenvalue weighted by Crippen LogP contribution is 2.17. The molecule has 1 N–H and O–H groups in total. The first-order chi connectivity index (χ1) is 8.20. The summed E-state index contributed by atoms with van der Waals surface area (Å²) in [4.78, 5) is 27.3. The van der Waals surface area contributed by atoms with E-state index in [-0.39, 0.29) is 17.4 Å². The van der Waals surface area contributed by atoms with Crippen molar-refractivity contribution in [2.24, 2.45) is 5.92 Å². The number of hydrogen-bond acceptors (Lipinski definition) is 3. The van der Waals surface area contributed by atoms with Crippen LogP contribution in [0.3, 0.4) is 0 Å². The minimum atomic E-state index is -0.287. The molecular weight excluding hydrogens is 218 g/mol. The molecule has 1 atom stereocenters. The summed E-state index contributed by atoms with van der Waals surface area (Å²) < 4.78 is 0. The van der Waals surface area contributed by atoms with E-state index < -0.39 is 0 Å². The van der Waals surface area contributed by atoms with Crippen LogP contribution in [0, 0.1) is 17.2 Å². The van der Waals surface area contributed by atoms with E-state index in [0.29, 0.717) is 18.7 Å².